The summed E-state index contributed by atoms with van der Waals surface area (Å²) in [4.78, 5) is 25.8. The third-order valence-electron chi connectivity index (χ3n) is 3.56. The Hall–Kier alpha value is -2.90. The van der Waals surface area contributed by atoms with Crippen molar-refractivity contribution in [3.8, 4) is 11.5 Å². The highest BCUT2D eigenvalue weighted by atomic mass is 16.5. The average Bonchev–Trinajstić information content (AvgIpc) is 2.54. The normalized spacial score (nSPS) is 10.4. The van der Waals surface area contributed by atoms with Gasteiger partial charge >= 0.3 is 5.69 Å². The zero-order valence-electron chi connectivity index (χ0n) is 13.3. The molecular formula is C15H20N4O4. The van der Waals surface area contributed by atoms with Gasteiger partial charge < -0.3 is 20.5 Å². The summed E-state index contributed by atoms with van der Waals surface area (Å²) in [7, 11) is 4.70. The summed E-state index contributed by atoms with van der Waals surface area (Å²) in [6, 6.07) is 5.52. The molecule has 0 saturated carbocycles. The summed E-state index contributed by atoms with van der Waals surface area (Å²) in [5.74, 6) is 1.36. The number of ether oxygens (including phenoxy) is 2. The number of aromatic nitrogens is 2. The molecular weight excluding hydrogens is 300 g/mol. The zero-order valence-corrected chi connectivity index (χ0v) is 13.3. The van der Waals surface area contributed by atoms with Crippen LogP contribution in [0.15, 0.2) is 27.8 Å². The first-order valence-corrected chi connectivity index (χ1v) is 7.03. The van der Waals surface area contributed by atoms with Gasteiger partial charge in [-0.15, -0.1) is 0 Å². The summed E-state index contributed by atoms with van der Waals surface area (Å²) in [5.41, 5.74) is 5.96. The predicted molar refractivity (Wildman–Crippen MR) is 88.5 cm³/mol. The van der Waals surface area contributed by atoms with Crippen molar-refractivity contribution >= 4 is 11.5 Å². The zero-order chi connectivity index (χ0) is 17.0. The summed E-state index contributed by atoms with van der Waals surface area (Å²) >= 11 is 0. The van der Waals surface area contributed by atoms with Gasteiger partial charge in [-0.05, 0) is 24.1 Å². The topological polar surface area (TPSA) is 111 Å². The lowest BCUT2D eigenvalue weighted by Crippen LogP contribution is -2.34. The maximum absolute atomic E-state index is 11.9. The van der Waals surface area contributed by atoms with E-state index in [1.165, 1.54) is 4.57 Å². The molecule has 8 nitrogen and oxygen atoms in total. The maximum Gasteiger partial charge on any atom is 0.330 e. The lowest BCUT2D eigenvalue weighted by atomic mass is 10.1. The minimum absolute atomic E-state index is 0.113. The number of nitrogen functional groups attached to an aromatic ring is 1. The smallest absolute Gasteiger partial charge is 0.330 e. The van der Waals surface area contributed by atoms with E-state index in [1.54, 1.807) is 27.3 Å². The summed E-state index contributed by atoms with van der Waals surface area (Å²) in [6.45, 7) is 0.325. The number of methoxy groups -OCH3 is 2. The molecule has 0 aliphatic heterocycles. The Morgan fingerprint density at radius 1 is 1.22 bits per heavy atom. The molecule has 0 bridgehead atoms. The molecule has 4 N–H and O–H groups in total. The molecule has 0 atom stereocenters. The van der Waals surface area contributed by atoms with Crippen molar-refractivity contribution in [3.05, 3.63) is 44.6 Å². The Kier molecular flexibility index (Phi) is 4.95. The molecule has 8 heteroatoms. The van der Waals surface area contributed by atoms with Crippen molar-refractivity contribution in [2.45, 2.75) is 13.0 Å². The van der Waals surface area contributed by atoms with Crippen molar-refractivity contribution < 1.29 is 9.47 Å². The average molecular weight is 320 g/mol. The first kappa shape index (κ1) is 16.5. The number of hydrogen-bond acceptors (Lipinski definition) is 6. The quantitative estimate of drug-likeness (QED) is 0.711. The Labute approximate surface area is 132 Å². The van der Waals surface area contributed by atoms with E-state index in [1.807, 2.05) is 12.1 Å². The largest absolute Gasteiger partial charge is 0.493 e. The van der Waals surface area contributed by atoms with Crippen LogP contribution >= 0.6 is 0 Å². The van der Waals surface area contributed by atoms with Crippen molar-refractivity contribution in [1.29, 1.82) is 0 Å². The van der Waals surface area contributed by atoms with Crippen LogP contribution in [-0.4, -0.2) is 30.8 Å². The number of nitrogens with two attached hydrogens (primary N) is 1. The Balaban J connectivity index is 2.28. The van der Waals surface area contributed by atoms with Crippen LogP contribution in [0.3, 0.4) is 0 Å². The summed E-state index contributed by atoms with van der Waals surface area (Å²) < 4.78 is 11.8. The van der Waals surface area contributed by atoms with Gasteiger partial charge in [0.15, 0.2) is 11.5 Å². The van der Waals surface area contributed by atoms with Crippen LogP contribution in [0.5, 0.6) is 11.5 Å². The first-order chi connectivity index (χ1) is 11.0. The summed E-state index contributed by atoms with van der Waals surface area (Å²) in [5, 5.41) is 2.70. The van der Waals surface area contributed by atoms with Crippen LogP contribution in [0, 0.1) is 0 Å². The van der Waals surface area contributed by atoms with Crippen LogP contribution in [0.25, 0.3) is 0 Å². The predicted octanol–water partition coefficient (Wildman–Crippen LogP) is 0.420. The molecule has 1 heterocycles. The Morgan fingerprint density at radius 3 is 2.52 bits per heavy atom. The van der Waals surface area contributed by atoms with Gasteiger partial charge in [-0.2, -0.15) is 0 Å². The molecule has 0 aliphatic rings. The van der Waals surface area contributed by atoms with Crippen molar-refractivity contribution in [3.63, 3.8) is 0 Å². The van der Waals surface area contributed by atoms with E-state index in [9.17, 15) is 9.59 Å². The molecule has 1 aromatic heterocycles. The molecule has 1 aromatic carbocycles. The van der Waals surface area contributed by atoms with Gasteiger partial charge in [0.2, 0.25) is 0 Å². The number of aromatic amines is 1. The molecule has 0 amide bonds. The van der Waals surface area contributed by atoms with Crippen molar-refractivity contribution in [2.75, 3.05) is 32.3 Å². The van der Waals surface area contributed by atoms with Crippen LogP contribution in [0.1, 0.15) is 5.56 Å². The van der Waals surface area contributed by atoms with Crippen LogP contribution in [0.4, 0.5) is 11.5 Å². The van der Waals surface area contributed by atoms with Gasteiger partial charge in [0, 0.05) is 13.6 Å². The number of anilines is 2. The van der Waals surface area contributed by atoms with E-state index in [0.29, 0.717) is 24.5 Å². The van der Waals surface area contributed by atoms with Gasteiger partial charge in [0.05, 0.1) is 14.2 Å². The molecule has 0 spiro atoms. The number of hydrogen-bond donors (Lipinski definition) is 3. The van der Waals surface area contributed by atoms with Crippen molar-refractivity contribution in [2.24, 2.45) is 0 Å². The highest BCUT2D eigenvalue weighted by molar-refractivity contribution is 5.59. The van der Waals surface area contributed by atoms with Crippen molar-refractivity contribution in [1.82, 2.24) is 9.55 Å². The molecule has 23 heavy (non-hydrogen) atoms. The van der Waals surface area contributed by atoms with Gasteiger partial charge in [0.25, 0.3) is 5.56 Å². The standard InChI is InChI=1S/C15H20N4O4/c1-17-12-13(16)19(15(21)18-14(12)20)7-6-9-4-5-10(22-2)11(8-9)23-3/h4-5,8,17H,6-7,16H2,1-3H3,(H,18,20,21). The van der Waals surface area contributed by atoms with E-state index in [2.05, 4.69) is 10.3 Å². The SMILES string of the molecule is CNc1c(N)n(CCc2ccc(OC)c(OC)c2)c(=O)[nH]c1=O. The van der Waals surface area contributed by atoms with Gasteiger partial charge in [-0.3, -0.25) is 14.3 Å². The monoisotopic (exact) mass is 320 g/mol. The Bertz CT molecular complexity index is 810. The molecule has 2 aromatic rings. The molecule has 2 rings (SSSR count). The van der Waals surface area contributed by atoms with Gasteiger partial charge in [-0.25, -0.2) is 4.79 Å². The Morgan fingerprint density at radius 2 is 1.91 bits per heavy atom. The minimum atomic E-state index is -0.535. The van der Waals surface area contributed by atoms with Gasteiger partial charge in [0.1, 0.15) is 11.5 Å². The number of H-pyrrole nitrogens is 1. The molecule has 0 radical (unpaired) electrons. The molecule has 124 valence electrons. The van der Waals surface area contributed by atoms with Gasteiger partial charge in [-0.1, -0.05) is 6.07 Å². The van der Waals surface area contributed by atoms with E-state index >= 15 is 0 Å². The molecule has 0 saturated heterocycles. The number of benzene rings is 1. The first-order valence-electron chi connectivity index (χ1n) is 7.03. The molecule has 0 aliphatic carbocycles. The number of rotatable bonds is 6. The molecule has 0 unspecified atom stereocenters. The van der Waals surface area contributed by atoms with Crippen LogP contribution < -0.4 is 31.8 Å². The highest BCUT2D eigenvalue weighted by Gasteiger charge is 2.11. The second kappa shape index (κ2) is 6.91. The number of aryl methyl sites for hydroxylation is 1. The van der Waals surface area contributed by atoms with E-state index < -0.39 is 11.2 Å². The lowest BCUT2D eigenvalue weighted by Gasteiger charge is -2.13. The molecule has 0 fully saturated rings. The minimum Gasteiger partial charge on any atom is -0.493 e. The van der Waals surface area contributed by atoms with E-state index in [4.69, 9.17) is 15.2 Å². The second-order valence-electron chi connectivity index (χ2n) is 4.86. The fourth-order valence-corrected chi connectivity index (χ4v) is 2.33. The third kappa shape index (κ3) is 3.31. The lowest BCUT2D eigenvalue weighted by molar-refractivity contribution is 0.354. The van der Waals surface area contributed by atoms with E-state index in [-0.39, 0.29) is 11.5 Å². The maximum atomic E-state index is 11.9. The van der Waals surface area contributed by atoms with Crippen LogP contribution in [-0.2, 0) is 13.0 Å². The fourth-order valence-electron chi connectivity index (χ4n) is 2.33. The summed E-state index contributed by atoms with van der Waals surface area (Å²) in [6.07, 6.45) is 0.541. The van der Waals surface area contributed by atoms with E-state index in [0.717, 1.165) is 5.56 Å². The fraction of sp³-hybridized carbons (Fsp3) is 0.333. The third-order valence-corrected chi connectivity index (χ3v) is 3.56. The highest BCUT2D eigenvalue weighted by Crippen LogP contribution is 2.27. The van der Waals surface area contributed by atoms with Crippen LogP contribution in [0.2, 0.25) is 0 Å². The number of nitrogens with one attached hydrogen (secondary N) is 2. The second-order valence-corrected chi connectivity index (χ2v) is 4.86. The number of nitrogens with zero attached hydrogens (tertiary/aromatic N) is 1.